The summed E-state index contributed by atoms with van der Waals surface area (Å²) < 4.78 is 66.6. The molecule has 0 spiro atoms. The second kappa shape index (κ2) is 8.94. The van der Waals surface area contributed by atoms with Gasteiger partial charge in [0, 0.05) is 13.1 Å². The van der Waals surface area contributed by atoms with Crippen molar-refractivity contribution in [2.75, 3.05) is 23.3 Å². The van der Waals surface area contributed by atoms with E-state index in [1.807, 2.05) is 4.90 Å². The largest absolute Gasteiger partial charge is 0.416 e. The summed E-state index contributed by atoms with van der Waals surface area (Å²) in [4.78, 5) is 14.6. The molecule has 11 heteroatoms. The van der Waals surface area contributed by atoms with E-state index in [4.69, 9.17) is 0 Å². The Hall–Kier alpha value is -2.11. The number of piperidine rings is 1. The van der Waals surface area contributed by atoms with Gasteiger partial charge in [0.05, 0.1) is 23.0 Å². The molecule has 0 bridgehead atoms. The Balaban J connectivity index is 1.83. The zero-order valence-corrected chi connectivity index (χ0v) is 17.8. The third-order valence-electron chi connectivity index (χ3n) is 4.76. The maximum absolute atomic E-state index is 13.2. The van der Waals surface area contributed by atoms with E-state index in [1.54, 1.807) is 11.4 Å². The van der Waals surface area contributed by atoms with Crippen molar-refractivity contribution in [3.63, 3.8) is 0 Å². The van der Waals surface area contributed by atoms with Crippen LogP contribution in [0.1, 0.15) is 31.7 Å². The Kier molecular flexibility index (Phi) is 6.73. The van der Waals surface area contributed by atoms with Crippen LogP contribution >= 0.6 is 11.3 Å². The number of sulfonamides is 1. The first kappa shape index (κ1) is 22.6. The second-order valence-electron chi connectivity index (χ2n) is 7.04. The SMILES string of the molecule is CC(NS(=O)(=O)c1cccs1)C(=O)Nc1cc(C(F)(F)F)ccc1N1CCCCC1. The van der Waals surface area contributed by atoms with Crippen molar-refractivity contribution in [3.8, 4) is 0 Å². The van der Waals surface area contributed by atoms with Gasteiger partial charge in [-0.3, -0.25) is 4.79 Å². The standard InChI is InChI=1S/C19H22F3N3O3S2/c1-13(24-30(27,28)17-6-5-11-29-17)18(26)23-15-12-14(19(20,21)22)7-8-16(15)25-9-3-2-4-10-25/h5-8,11-13,24H,2-4,9-10H2,1H3,(H,23,26). The predicted octanol–water partition coefficient (Wildman–Crippen LogP) is 4.06. The number of thiophene rings is 1. The summed E-state index contributed by atoms with van der Waals surface area (Å²) in [5.74, 6) is -0.743. The van der Waals surface area contributed by atoms with E-state index in [0.29, 0.717) is 18.8 Å². The average Bonchev–Trinajstić information content (AvgIpc) is 3.23. The van der Waals surface area contributed by atoms with Crippen LogP contribution < -0.4 is 14.9 Å². The summed E-state index contributed by atoms with van der Waals surface area (Å²) in [6.07, 6.45) is -1.70. The highest BCUT2D eigenvalue weighted by Crippen LogP contribution is 2.36. The molecular formula is C19H22F3N3O3S2. The number of benzene rings is 1. The van der Waals surface area contributed by atoms with Crippen LogP contribution in [0, 0.1) is 0 Å². The van der Waals surface area contributed by atoms with Gasteiger partial charge in [0.1, 0.15) is 4.21 Å². The van der Waals surface area contributed by atoms with Gasteiger partial charge in [0.2, 0.25) is 5.91 Å². The highest BCUT2D eigenvalue weighted by Gasteiger charge is 2.32. The number of carbonyl (C=O) groups is 1. The first-order valence-corrected chi connectivity index (χ1v) is 11.8. The van der Waals surface area contributed by atoms with Gasteiger partial charge in [-0.05, 0) is 55.8 Å². The van der Waals surface area contributed by atoms with E-state index in [2.05, 4.69) is 10.0 Å². The van der Waals surface area contributed by atoms with Crippen LogP contribution in [0.4, 0.5) is 24.5 Å². The van der Waals surface area contributed by atoms with E-state index in [0.717, 1.165) is 42.7 Å². The lowest BCUT2D eigenvalue weighted by Crippen LogP contribution is -2.41. The van der Waals surface area contributed by atoms with E-state index in [9.17, 15) is 26.4 Å². The van der Waals surface area contributed by atoms with E-state index in [-0.39, 0.29) is 9.90 Å². The molecule has 0 saturated carbocycles. The summed E-state index contributed by atoms with van der Waals surface area (Å²) >= 11 is 1.000. The predicted molar refractivity (Wildman–Crippen MR) is 110 cm³/mol. The minimum absolute atomic E-state index is 0.0129. The van der Waals surface area contributed by atoms with Gasteiger partial charge in [0.15, 0.2) is 0 Å². The van der Waals surface area contributed by atoms with Crippen molar-refractivity contribution in [1.82, 2.24) is 4.72 Å². The van der Waals surface area contributed by atoms with Crippen LogP contribution in [0.25, 0.3) is 0 Å². The minimum atomic E-state index is -4.56. The molecule has 30 heavy (non-hydrogen) atoms. The molecule has 2 heterocycles. The first-order chi connectivity index (χ1) is 14.1. The van der Waals surface area contributed by atoms with Gasteiger partial charge in [-0.25, -0.2) is 8.42 Å². The monoisotopic (exact) mass is 461 g/mol. The van der Waals surface area contributed by atoms with Crippen LogP contribution in [0.5, 0.6) is 0 Å². The number of carbonyl (C=O) groups excluding carboxylic acids is 1. The summed E-state index contributed by atoms with van der Waals surface area (Å²) in [6, 6.07) is 5.02. The van der Waals surface area contributed by atoms with Gasteiger partial charge in [0.25, 0.3) is 10.0 Å². The Morgan fingerprint density at radius 1 is 1.17 bits per heavy atom. The van der Waals surface area contributed by atoms with Gasteiger partial charge in [-0.2, -0.15) is 17.9 Å². The van der Waals surface area contributed by atoms with Crippen molar-refractivity contribution in [2.24, 2.45) is 0 Å². The van der Waals surface area contributed by atoms with E-state index >= 15 is 0 Å². The fourth-order valence-electron chi connectivity index (χ4n) is 3.22. The maximum atomic E-state index is 13.2. The second-order valence-corrected chi connectivity index (χ2v) is 9.93. The smallest absolute Gasteiger partial charge is 0.370 e. The van der Waals surface area contributed by atoms with Gasteiger partial charge >= 0.3 is 6.18 Å². The molecule has 1 aromatic heterocycles. The third-order valence-corrected chi connectivity index (χ3v) is 7.70. The molecule has 6 nitrogen and oxygen atoms in total. The lowest BCUT2D eigenvalue weighted by Gasteiger charge is -2.31. The number of hydrogen-bond donors (Lipinski definition) is 2. The molecule has 3 rings (SSSR count). The highest BCUT2D eigenvalue weighted by atomic mass is 32.2. The minimum Gasteiger partial charge on any atom is -0.370 e. The highest BCUT2D eigenvalue weighted by molar-refractivity contribution is 7.91. The lowest BCUT2D eigenvalue weighted by molar-refractivity contribution is -0.137. The van der Waals surface area contributed by atoms with Gasteiger partial charge in [-0.15, -0.1) is 11.3 Å². The van der Waals surface area contributed by atoms with Crippen molar-refractivity contribution >= 4 is 38.6 Å². The molecule has 1 saturated heterocycles. The summed E-state index contributed by atoms with van der Waals surface area (Å²) in [6.45, 7) is 2.69. The van der Waals surface area contributed by atoms with Crippen molar-refractivity contribution in [2.45, 2.75) is 42.6 Å². The van der Waals surface area contributed by atoms with Gasteiger partial charge < -0.3 is 10.2 Å². The average molecular weight is 462 g/mol. The Morgan fingerprint density at radius 2 is 1.87 bits per heavy atom. The third kappa shape index (κ3) is 5.32. The fraction of sp³-hybridized carbons (Fsp3) is 0.421. The topological polar surface area (TPSA) is 78.5 Å². The molecule has 1 amide bonds. The molecule has 164 valence electrons. The van der Waals surface area contributed by atoms with Crippen LogP contribution in [-0.2, 0) is 21.0 Å². The molecule has 2 aromatic rings. The molecule has 0 aliphatic carbocycles. The van der Waals surface area contributed by atoms with Crippen molar-refractivity contribution in [3.05, 3.63) is 41.3 Å². The molecule has 1 unspecified atom stereocenters. The summed E-state index contributed by atoms with van der Waals surface area (Å²) in [7, 11) is -3.90. The van der Waals surface area contributed by atoms with Crippen LogP contribution in [-0.4, -0.2) is 33.5 Å². The normalized spacial score (nSPS) is 16.3. The summed E-state index contributed by atoms with van der Waals surface area (Å²) in [5.41, 5.74) is -0.381. The fourth-order valence-corrected chi connectivity index (χ4v) is 5.44. The molecule has 0 radical (unpaired) electrons. The molecule has 1 aromatic carbocycles. The number of hydrogen-bond acceptors (Lipinski definition) is 5. The lowest BCUT2D eigenvalue weighted by atomic mass is 10.1. The number of nitrogens with zero attached hydrogens (tertiary/aromatic N) is 1. The van der Waals surface area contributed by atoms with E-state index in [1.165, 1.54) is 19.1 Å². The van der Waals surface area contributed by atoms with Gasteiger partial charge in [-0.1, -0.05) is 6.07 Å². The zero-order valence-electron chi connectivity index (χ0n) is 16.2. The number of amides is 1. The molecule has 1 fully saturated rings. The first-order valence-electron chi connectivity index (χ1n) is 9.41. The number of rotatable bonds is 6. The zero-order chi connectivity index (χ0) is 21.9. The van der Waals surface area contributed by atoms with E-state index < -0.39 is 33.7 Å². The van der Waals surface area contributed by atoms with Crippen LogP contribution in [0.3, 0.4) is 0 Å². The number of halogens is 3. The Labute approximate surface area is 177 Å². The number of anilines is 2. The Morgan fingerprint density at radius 3 is 2.47 bits per heavy atom. The number of alkyl halides is 3. The molecule has 2 N–H and O–H groups in total. The Bertz CT molecular complexity index is 986. The van der Waals surface area contributed by atoms with Crippen molar-refractivity contribution in [1.29, 1.82) is 0 Å². The number of nitrogens with one attached hydrogen (secondary N) is 2. The van der Waals surface area contributed by atoms with Crippen LogP contribution in [0.2, 0.25) is 0 Å². The quantitative estimate of drug-likeness (QED) is 0.680. The summed E-state index contributed by atoms with van der Waals surface area (Å²) in [5, 5.41) is 4.07. The molecular weight excluding hydrogens is 439 g/mol. The molecule has 1 atom stereocenters. The molecule has 1 aliphatic rings. The maximum Gasteiger partial charge on any atom is 0.416 e. The van der Waals surface area contributed by atoms with Crippen LogP contribution in [0.15, 0.2) is 39.9 Å². The molecule has 1 aliphatic heterocycles. The van der Waals surface area contributed by atoms with Crippen molar-refractivity contribution < 1.29 is 26.4 Å².